The molecule has 24 heavy (non-hydrogen) atoms. The van der Waals surface area contributed by atoms with Crippen LogP contribution < -0.4 is 0 Å². The van der Waals surface area contributed by atoms with Crippen LogP contribution in [0.1, 0.15) is 52.1 Å². The van der Waals surface area contributed by atoms with Crippen LogP contribution in [-0.2, 0) is 5.41 Å². The van der Waals surface area contributed by atoms with Crippen molar-refractivity contribution in [3.63, 3.8) is 0 Å². The lowest BCUT2D eigenvalue weighted by molar-refractivity contribution is 0.0682. The Labute approximate surface area is 138 Å². The summed E-state index contributed by atoms with van der Waals surface area (Å²) >= 11 is 0. The van der Waals surface area contributed by atoms with E-state index in [0.717, 1.165) is 0 Å². The molecule has 0 atom stereocenters. The normalized spacial score (nSPS) is 11.2. The van der Waals surface area contributed by atoms with Crippen LogP contribution in [0, 0.1) is 0 Å². The minimum Gasteiger partial charge on any atom is -0.507 e. The summed E-state index contributed by atoms with van der Waals surface area (Å²) in [5, 5.41) is 37.7. The Morgan fingerprint density at radius 2 is 1.25 bits per heavy atom. The summed E-state index contributed by atoms with van der Waals surface area (Å²) in [6.45, 7) is 3.74. The SMILES string of the molecule is CCC(C)(c1ccc(O)c(C(=O)O)c1)c1ccc(O)c(C(=O)O)c1. The fourth-order valence-corrected chi connectivity index (χ4v) is 2.68. The average Bonchev–Trinajstić information content (AvgIpc) is 2.54. The molecule has 0 amide bonds. The number of carbonyl (C=O) groups is 2. The molecule has 0 fully saturated rings. The minimum atomic E-state index is -1.25. The zero-order valence-corrected chi connectivity index (χ0v) is 13.3. The second-order valence-electron chi connectivity index (χ2n) is 5.76. The summed E-state index contributed by atoms with van der Waals surface area (Å²) in [6.07, 6.45) is 0.556. The molecule has 2 rings (SSSR count). The van der Waals surface area contributed by atoms with Gasteiger partial charge in [0, 0.05) is 5.41 Å². The predicted octanol–water partition coefficient (Wildman–Crippen LogP) is 3.21. The summed E-state index contributed by atoms with van der Waals surface area (Å²) in [5.41, 5.74) is 0.133. The number of hydrogen-bond acceptors (Lipinski definition) is 4. The molecule has 0 unspecified atom stereocenters. The van der Waals surface area contributed by atoms with Crippen molar-refractivity contribution >= 4 is 11.9 Å². The number of phenols is 2. The summed E-state index contributed by atoms with van der Waals surface area (Å²) in [7, 11) is 0. The Bertz CT molecular complexity index is 746. The van der Waals surface area contributed by atoms with Crippen LogP contribution in [0.3, 0.4) is 0 Å². The van der Waals surface area contributed by atoms with Gasteiger partial charge in [-0.3, -0.25) is 0 Å². The third kappa shape index (κ3) is 2.90. The largest absolute Gasteiger partial charge is 0.507 e. The number of carboxylic acids is 2. The fourth-order valence-electron chi connectivity index (χ4n) is 2.68. The second kappa shape index (κ2) is 6.23. The summed E-state index contributed by atoms with van der Waals surface area (Å²) in [4.78, 5) is 22.5. The molecule has 0 aliphatic carbocycles. The van der Waals surface area contributed by atoms with Gasteiger partial charge in [-0.1, -0.05) is 26.0 Å². The number of aromatic hydroxyl groups is 2. The van der Waals surface area contributed by atoms with Gasteiger partial charge in [0.05, 0.1) is 0 Å². The molecule has 6 nitrogen and oxygen atoms in total. The van der Waals surface area contributed by atoms with Crippen molar-refractivity contribution in [3.05, 3.63) is 58.7 Å². The first-order valence-electron chi connectivity index (χ1n) is 7.34. The molecule has 2 aromatic rings. The van der Waals surface area contributed by atoms with E-state index in [-0.39, 0.29) is 22.6 Å². The molecule has 0 bridgehead atoms. The van der Waals surface area contributed by atoms with Crippen LogP contribution in [0.25, 0.3) is 0 Å². The molecule has 2 aromatic carbocycles. The van der Waals surface area contributed by atoms with Gasteiger partial charge in [-0.2, -0.15) is 0 Å². The number of rotatable bonds is 5. The Balaban J connectivity index is 2.65. The van der Waals surface area contributed by atoms with E-state index in [0.29, 0.717) is 17.5 Å². The molecule has 0 aliphatic heterocycles. The number of benzene rings is 2. The molecule has 4 N–H and O–H groups in total. The van der Waals surface area contributed by atoms with E-state index in [4.69, 9.17) is 0 Å². The lowest BCUT2D eigenvalue weighted by Crippen LogP contribution is -2.23. The first-order valence-corrected chi connectivity index (χ1v) is 7.34. The van der Waals surface area contributed by atoms with Crippen LogP contribution in [0.4, 0.5) is 0 Å². The Morgan fingerprint density at radius 3 is 1.54 bits per heavy atom. The highest BCUT2D eigenvalue weighted by atomic mass is 16.4. The Kier molecular flexibility index (Phi) is 4.50. The van der Waals surface area contributed by atoms with Crippen molar-refractivity contribution in [2.45, 2.75) is 25.7 Å². The van der Waals surface area contributed by atoms with E-state index in [1.54, 1.807) is 12.1 Å². The minimum absolute atomic E-state index is 0.218. The Morgan fingerprint density at radius 1 is 0.875 bits per heavy atom. The second-order valence-corrected chi connectivity index (χ2v) is 5.76. The molecule has 0 heterocycles. The highest BCUT2D eigenvalue weighted by molar-refractivity contribution is 5.92. The fraction of sp³-hybridized carbons (Fsp3) is 0.222. The van der Waals surface area contributed by atoms with Gasteiger partial charge >= 0.3 is 11.9 Å². The highest BCUT2D eigenvalue weighted by Gasteiger charge is 2.30. The lowest BCUT2D eigenvalue weighted by Gasteiger charge is -2.30. The van der Waals surface area contributed by atoms with E-state index in [1.807, 2.05) is 13.8 Å². The van der Waals surface area contributed by atoms with Gasteiger partial charge in [-0.25, -0.2) is 9.59 Å². The molecule has 0 saturated carbocycles. The van der Waals surface area contributed by atoms with Gasteiger partial charge in [0.25, 0.3) is 0 Å². The summed E-state index contributed by atoms with van der Waals surface area (Å²) < 4.78 is 0. The van der Waals surface area contributed by atoms with E-state index in [2.05, 4.69) is 0 Å². The van der Waals surface area contributed by atoms with E-state index in [1.165, 1.54) is 24.3 Å². The van der Waals surface area contributed by atoms with E-state index < -0.39 is 17.4 Å². The third-order valence-electron chi connectivity index (χ3n) is 4.44. The van der Waals surface area contributed by atoms with Crippen molar-refractivity contribution < 1.29 is 30.0 Å². The smallest absolute Gasteiger partial charge is 0.339 e. The highest BCUT2D eigenvalue weighted by Crippen LogP contribution is 2.38. The number of aromatic carboxylic acids is 2. The molecule has 0 aliphatic rings. The molecule has 0 saturated heterocycles. The van der Waals surface area contributed by atoms with Crippen molar-refractivity contribution in [2.24, 2.45) is 0 Å². The lowest BCUT2D eigenvalue weighted by atomic mass is 9.73. The molecular formula is C18H18O6. The monoisotopic (exact) mass is 330 g/mol. The van der Waals surface area contributed by atoms with E-state index in [9.17, 15) is 30.0 Å². The van der Waals surface area contributed by atoms with Crippen molar-refractivity contribution in [3.8, 4) is 11.5 Å². The third-order valence-corrected chi connectivity index (χ3v) is 4.44. The van der Waals surface area contributed by atoms with Crippen LogP contribution in [-0.4, -0.2) is 32.4 Å². The zero-order chi connectivity index (χ0) is 18.1. The van der Waals surface area contributed by atoms with E-state index >= 15 is 0 Å². The molecule has 0 spiro atoms. The zero-order valence-electron chi connectivity index (χ0n) is 13.3. The summed E-state index contributed by atoms with van der Waals surface area (Å²) in [5.74, 6) is -3.15. The topological polar surface area (TPSA) is 115 Å². The number of hydrogen-bond donors (Lipinski definition) is 4. The van der Waals surface area contributed by atoms with Crippen molar-refractivity contribution in [1.29, 1.82) is 0 Å². The van der Waals surface area contributed by atoms with Crippen molar-refractivity contribution in [2.75, 3.05) is 0 Å². The molecular weight excluding hydrogens is 312 g/mol. The van der Waals surface area contributed by atoms with Crippen molar-refractivity contribution in [1.82, 2.24) is 0 Å². The number of carboxylic acid groups (broad SMARTS) is 2. The molecule has 6 heteroatoms. The van der Waals surface area contributed by atoms with Gasteiger partial charge in [-0.05, 0) is 41.8 Å². The standard InChI is InChI=1S/C18H18O6/c1-3-18(2,10-4-6-14(19)12(8-10)16(21)22)11-5-7-15(20)13(9-11)17(23)24/h4-9,19-20H,3H2,1-2H3,(H,21,22)(H,23,24). The maximum Gasteiger partial charge on any atom is 0.339 e. The van der Waals surface area contributed by atoms with Crippen LogP contribution >= 0.6 is 0 Å². The van der Waals surface area contributed by atoms with Gasteiger partial charge in [0.15, 0.2) is 0 Å². The first-order chi connectivity index (χ1) is 11.2. The van der Waals surface area contributed by atoms with Gasteiger partial charge in [0.2, 0.25) is 0 Å². The average molecular weight is 330 g/mol. The predicted molar refractivity (Wildman–Crippen MR) is 86.9 cm³/mol. The maximum absolute atomic E-state index is 11.2. The van der Waals surface area contributed by atoms with Crippen LogP contribution in [0.2, 0.25) is 0 Å². The van der Waals surface area contributed by atoms with Crippen LogP contribution in [0.5, 0.6) is 11.5 Å². The van der Waals surface area contributed by atoms with Crippen LogP contribution in [0.15, 0.2) is 36.4 Å². The molecule has 0 radical (unpaired) electrons. The summed E-state index contributed by atoms with van der Waals surface area (Å²) in [6, 6.07) is 8.61. The van der Waals surface area contributed by atoms with Gasteiger partial charge in [-0.15, -0.1) is 0 Å². The quantitative estimate of drug-likeness (QED) is 0.669. The van der Waals surface area contributed by atoms with Gasteiger partial charge in [0.1, 0.15) is 22.6 Å². The first kappa shape index (κ1) is 17.3. The molecule has 0 aromatic heterocycles. The van der Waals surface area contributed by atoms with Gasteiger partial charge < -0.3 is 20.4 Å². The Hall–Kier alpha value is -3.02. The molecule has 126 valence electrons. The maximum atomic E-state index is 11.2.